The molecular weight excluding hydrogens is 437 g/mol. The maximum atomic E-state index is 12.6. The van der Waals surface area contributed by atoms with Crippen molar-refractivity contribution in [1.82, 2.24) is 20.1 Å². The molecule has 0 radical (unpaired) electrons. The van der Waals surface area contributed by atoms with Gasteiger partial charge in [0.1, 0.15) is 12.7 Å². The van der Waals surface area contributed by atoms with E-state index in [1.165, 1.54) is 6.33 Å². The van der Waals surface area contributed by atoms with Crippen molar-refractivity contribution in [3.8, 4) is 11.1 Å². The minimum atomic E-state index is -0.837. The highest BCUT2D eigenvalue weighted by Gasteiger charge is 2.35. The predicted molar refractivity (Wildman–Crippen MR) is 124 cm³/mol. The average molecular weight is 464 g/mol. The van der Waals surface area contributed by atoms with E-state index >= 15 is 0 Å². The van der Waals surface area contributed by atoms with E-state index in [1.54, 1.807) is 11.0 Å². The highest BCUT2D eigenvalue weighted by Crippen LogP contribution is 2.25. The van der Waals surface area contributed by atoms with Gasteiger partial charge in [-0.25, -0.2) is 9.67 Å². The van der Waals surface area contributed by atoms with Crippen molar-refractivity contribution in [2.24, 2.45) is 5.73 Å². The number of aromatic nitrogens is 3. The first-order valence-electron chi connectivity index (χ1n) is 9.79. The van der Waals surface area contributed by atoms with Crippen LogP contribution in [0.15, 0.2) is 61.2 Å². The Morgan fingerprint density at radius 1 is 1.10 bits per heavy atom. The zero-order valence-corrected chi connectivity index (χ0v) is 18.7. The highest BCUT2D eigenvalue weighted by molar-refractivity contribution is 5.86. The van der Waals surface area contributed by atoms with Gasteiger partial charge in [0.15, 0.2) is 0 Å². The molecule has 3 N–H and O–H groups in total. The number of hydrogen-bond donors (Lipinski definition) is 2. The van der Waals surface area contributed by atoms with Gasteiger partial charge < -0.3 is 15.8 Å². The summed E-state index contributed by atoms with van der Waals surface area (Å²) in [5, 5.41) is 7.16. The number of benzene rings is 2. The molecule has 0 atom stereocenters. The predicted octanol–water partition coefficient (Wildman–Crippen LogP) is 2.96. The summed E-state index contributed by atoms with van der Waals surface area (Å²) in [4.78, 5) is 16.6. The van der Waals surface area contributed by atoms with Gasteiger partial charge in [0, 0.05) is 19.8 Å². The van der Waals surface area contributed by atoms with Gasteiger partial charge in [0.2, 0.25) is 5.91 Å². The molecule has 166 valence electrons. The van der Waals surface area contributed by atoms with E-state index in [0.29, 0.717) is 39.1 Å². The molecule has 3 aromatic rings. The SMILES string of the molecule is Cl.Cl.NC1(C(=O)NCc2ccccc2-c2ccc(Cn3cncn3)cc2)CCOCC1. The van der Waals surface area contributed by atoms with Crippen molar-refractivity contribution in [3.05, 3.63) is 72.3 Å². The quantitative estimate of drug-likeness (QED) is 0.585. The van der Waals surface area contributed by atoms with Gasteiger partial charge in [-0.15, -0.1) is 24.8 Å². The number of nitrogens with one attached hydrogen (secondary N) is 1. The zero-order chi connectivity index (χ0) is 20.1. The van der Waals surface area contributed by atoms with Crippen LogP contribution in [0, 0.1) is 0 Å². The van der Waals surface area contributed by atoms with Crippen molar-refractivity contribution in [2.45, 2.75) is 31.5 Å². The summed E-state index contributed by atoms with van der Waals surface area (Å²) in [7, 11) is 0. The standard InChI is InChI=1S/C22H25N5O2.2ClH/c23-22(9-11-29-12-10-22)21(28)25-13-19-3-1-2-4-20(19)18-7-5-17(6-8-18)14-27-16-24-15-26-27;;/h1-8,15-16H,9-14,23H2,(H,25,28);2*1H. The highest BCUT2D eigenvalue weighted by atomic mass is 35.5. The summed E-state index contributed by atoms with van der Waals surface area (Å²) in [6, 6.07) is 16.5. The van der Waals surface area contributed by atoms with Crippen LogP contribution in [0.3, 0.4) is 0 Å². The fraction of sp³-hybridized carbons (Fsp3) is 0.318. The fourth-order valence-electron chi connectivity index (χ4n) is 3.56. The summed E-state index contributed by atoms with van der Waals surface area (Å²) in [5.74, 6) is -0.112. The zero-order valence-electron chi connectivity index (χ0n) is 17.1. The van der Waals surface area contributed by atoms with Gasteiger partial charge in [-0.1, -0.05) is 48.5 Å². The van der Waals surface area contributed by atoms with Crippen molar-refractivity contribution in [1.29, 1.82) is 0 Å². The monoisotopic (exact) mass is 463 g/mol. The smallest absolute Gasteiger partial charge is 0.240 e. The van der Waals surface area contributed by atoms with Crippen molar-refractivity contribution < 1.29 is 9.53 Å². The number of nitrogens with zero attached hydrogens (tertiary/aromatic N) is 3. The summed E-state index contributed by atoms with van der Waals surface area (Å²) in [6.45, 7) is 2.18. The number of hydrogen-bond acceptors (Lipinski definition) is 5. The Hall–Kier alpha value is -2.45. The van der Waals surface area contributed by atoms with E-state index in [1.807, 2.05) is 18.2 Å². The minimum absolute atomic E-state index is 0. The lowest BCUT2D eigenvalue weighted by atomic mass is 9.90. The molecule has 2 heterocycles. The van der Waals surface area contributed by atoms with Crippen LogP contribution in [0.25, 0.3) is 11.1 Å². The van der Waals surface area contributed by atoms with Crippen molar-refractivity contribution >= 4 is 30.7 Å². The maximum absolute atomic E-state index is 12.6. The molecule has 0 spiro atoms. The van der Waals surface area contributed by atoms with Crippen LogP contribution in [-0.2, 0) is 22.6 Å². The van der Waals surface area contributed by atoms with Gasteiger partial charge in [-0.3, -0.25) is 4.79 Å². The number of nitrogens with two attached hydrogens (primary N) is 1. The third kappa shape index (κ3) is 6.04. The van der Waals surface area contributed by atoms with Crippen LogP contribution in [0.2, 0.25) is 0 Å². The molecular formula is C22H27Cl2N5O2. The van der Waals surface area contributed by atoms with Crippen molar-refractivity contribution in [3.63, 3.8) is 0 Å². The van der Waals surface area contributed by atoms with E-state index < -0.39 is 5.54 Å². The van der Waals surface area contributed by atoms with E-state index in [0.717, 1.165) is 22.3 Å². The third-order valence-corrected chi connectivity index (χ3v) is 5.37. The molecule has 4 rings (SSSR count). The summed E-state index contributed by atoms with van der Waals surface area (Å²) >= 11 is 0. The number of amides is 1. The number of carbonyl (C=O) groups is 1. The summed E-state index contributed by atoms with van der Waals surface area (Å²) < 4.78 is 7.12. The second kappa shape index (κ2) is 11.2. The van der Waals surface area contributed by atoms with Gasteiger partial charge in [-0.2, -0.15) is 5.10 Å². The molecule has 1 aromatic heterocycles. The second-order valence-corrected chi connectivity index (χ2v) is 7.40. The largest absolute Gasteiger partial charge is 0.381 e. The molecule has 1 amide bonds. The Morgan fingerprint density at radius 2 is 1.81 bits per heavy atom. The Kier molecular flexibility index (Phi) is 9.00. The Morgan fingerprint density at radius 3 is 2.48 bits per heavy atom. The normalized spacial score (nSPS) is 14.7. The lowest BCUT2D eigenvalue weighted by Gasteiger charge is -2.31. The van der Waals surface area contributed by atoms with Crippen LogP contribution in [-0.4, -0.2) is 39.4 Å². The van der Waals surface area contributed by atoms with Gasteiger partial charge >= 0.3 is 0 Å². The van der Waals surface area contributed by atoms with E-state index in [-0.39, 0.29) is 30.7 Å². The first-order chi connectivity index (χ1) is 14.1. The lowest BCUT2D eigenvalue weighted by molar-refractivity contribution is -0.129. The van der Waals surface area contributed by atoms with E-state index in [2.05, 4.69) is 45.7 Å². The first kappa shape index (κ1) is 24.8. The second-order valence-electron chi connectivity index (χ2n) is 7.40. The third-order valence-electron chi connectivity index (χ3n) is 5.37. The topological polar surface area (TPSA) is 95.1 Å². The van der Waals surface area contributed by atoms with Crippen LogP contribution in [0.4, 0.5) is 0 Å². The van der Waals surface area contributed by atoms with Gasteiger partial charge in [0.05, 0.1) is 12.1 Å². The molecule has 1 aliphatic rings. The number of ether oxygens (including phenoxy) is 1. The molecule has 31 heavy (non-hydrogen) atoms. The summed E-state index contributed by atoms with van der Waals surface area (Å²) in [5.41, 5.74) is 9.85. The van der Waals surface area contributed by atoms with Crippen LogP contribution >= 0.6 is 24.8 Å². The molecule has 9 heteroatoms. The number of halogens is 2. The molecule has 2 aromatic carbocycles. The van der Waals surface area contributed by atoms with Gasteiger partial charge in [-0.05, 0) is 35.1 Å². The van der Waals surface area contributed by atoms with Gasteiger partial charge in [0.25, 0.3) is 0 Å². The Bertz CT molecular complexity index is 958. The number of rotatable bonds is 6. The molecule has 1 aliphatic heterocycles. The summed E-state index contributed by atoms with van der Waals surface area (Å²) in [6.07, 6.45) is 4.33. The van der Waals surface area contributed by atoms with Crippen molar-refractivity contribution in [2.75, 3.05) is 13.2 Å². The van der Waals surface area contributed by atoms with Crippen LogP contribution in [0.1, 0.15) is 24.0 Å². The molecule has 1 fully saturated rings. The van der Waals surface area contributed by atoms with Crippen LogP contribution < -0.4 is 11.1 Å². The average Bonchev–Trinajstić information content (AvgIpc) is 3.26. The first-order valence-corrected chi connectivity index (χ1v) is 9.79. The fourth-order valence-corrected chi connectivity index (χ4v) is 3.56. The minimum Gasteiger partial charge on any atom is -0.381 e. The molecule has 0 saturated carbocycles. The molecule has 0 bridgehead atoms. The Balaban J connectivity index is 0.00000171. The van der Waals surface area contributed by atoms with Crippen LogP contribution in [0.5, 0.6) is 0 Å². The van der Waals surface area contributed by atoms with E-state index in [9.17, 15) is 4.79 Å². The molecule has 1 saturated heterocycles. The maximum Gasteiger partial charge on any atom is 0.240 e. The molecule has 7 nitrogen and oxygen atoms in total. The molecule has 0 aliphatic carbocycles. The Labute approximate surface area is 194 Å². The lowest BCUT2D eigenvalue weighted by Crippen LogP contribution is -2.56. The molecule has 0 unspecified atom stereocenters. The van der Waals surface area contributed by atoms with E-state index in [4.69, 9.17) is 10.5 Å². The number of carbonyl (C=O) groups excluding carboxylic acids is 1.